The molecule has 0 N–H and O–H groups in total. The van der Waals surface area contributed by atoms with E-state index < -0.39 is 0 Å². The second-order valence-electron chi connectivity index (χ2n) is 15.7. The number of anilines is 6. The first-order valence-corrected chi connectivity index (χ1v) is 21.1. The van der Waals surface area contributed by atoms with Gasteiger partial charge in [0.1, 0.15) is 0 Å². The molecule has 0 radical (unpaired) electrons. The maximum absolute atomic E-state index is 10.2. The summed E-state index contributed by atoms with van der Waals surface area (Å²) < 4.78 is 0. The number of nitriles is 1. The molecule has 0 heterocycles. The summed E-state index contributed by atoms with van der Waals surface area (Å²) in [5, 5.41) is 10.2. The van der Waals surface area contributed by atoms with Crippen LogP contribution in [0, 0.1) is 17.9 Å². The summed E-state index contributed by atoms with van der Waals surface area (Å²) in [6.07, 6.45) is 17.3. The Labute approximate surface area is 354 Å². The summed E-state index contributed by atoms with van der Waals surface area (Å²) in [4.78, 5) is 8.61. The average Bonchev–Trinajstić information content (AvgIpc) is 3.32. The molecule has 7 aromatic rings. The van der Waals surface area contributed by atoms with E-state index in [-0.39, 0.29) is 0 Å². The highest BCUT2D eigenvalue weighted by molar-refractivity contribution is 5.85. The summed E-state index contributed by atoms with van der Waals surface area (Å²) in [7, 11) is 0. The van der Waals surface area contributed by atoms with Crippen molar-refractivity contribution in [3.05, 3.63) is 219 Å². The Bertz CT molecular complexity index is 2570. The maximum atomic E-state index is 10.2. The van der Waals surface area contributed by atoms with E-state index in [1.807, 2.05) is 36.4 Å². The van der Waals surface area contributed by atoms with E-state index in [4.69, 9.17) is 6.57 Å². The van der Waals surface area contributed by atoms with Crippen molar-refractivity contribution in [3.63, 3.8) is 0 Å². The standard InChI is InChI=1S/C56H46N4/c1-58-54-39-45(32-26-41-28-34-50(35-29-41)59(48-18-4-2-5-19-48)55-24-12-16-43-14-8-10-22-52(43)55)47(40-57)38-46(54)33-27-42-30-36-51(37-31-42)60(49-20-6-3-7-21-49)56-25-13-17-44-15-9-11-23-53(44)56/h2-7,12-13,16-21,24-39H,8-11,14-15,22-23H2. The number of aryl methyl sites for hydroxylation is 2. The van der Waals surface area contributed by atoms with Crippen LogP contribution in [0.1, 0.15) is 75.8 Å². The molecule has 2 aliphatic rings. The molecule has 0 fully saturated rings. The minimum Gasteiger partial charge on any atom is -0.310 e. The van der Waals surface area contributed by atoms with Crippen molar-refractivity contribution in [2.24, 2.45) is 0 Å². The largest absolute Gasteiger partial charge is 0.310 e. The smallest absolute Gasteiger partial charge is 0.194 e. The van der Waals surface area contributed by atoms with Gasteiger partial charge in [-0.15, -0.1) is 0 Å². The van der Waals surface area contributed by atoms with Crippen molar-refractivity contribution in [2.75, 3.05) is 9.80 Å². The zero-order valence-corrected chi connectivity index (χ0v) is 33.8. The molecule has 0 bridgehead atoms. The van der Waals surface area contributed by atoms with Crippen LogP contribution in [-0.2, 0) is 25.7 Å². The maximum Gasteiger partial charge on any atom is 0.194 e. The summed E-state index contributed by atoms with van der Waals surface area (Å²) in [6, 6.07) is 57.8. The Balaban J connectivity index is 0.955. The van der Waals surface area contributed by atoms with Gasteiger partial charge in [0.25, 0.3) is 0 Å². The lowest BCUT2D eigenvalue weighted by Crippen LogP contribution is -2.15. The van der Waals surface area contributed by atoms with E-state index in [1.165, 1.54) is 59.3 Å². The highest BCUT2D eigenvalue weighted by Crippen LogP contribution is 2.42. The highest BCUT2D eigenvalue weighted by atomic mass is 15.1. The van der Waals surface area contributed by atoms with Crippen LogP contribution in [-0.4, -0.2) is 0 Å². The first kappa shape index (κ1) is 38.1. The second kappa shape index (κ2) is 17.6. The normalized spacial score (nSPS) is 13.3. The number of hydrogen-bond donors (Lipinski definition) is 0. The van der Waals surface area contributed by atoms with Gasteiger partial charge in [-0.25, -0.2) is 4.85 Å². The molecule has 0 atom stereocenters. The van der Waals surface area contributed by atoms with Crippen LogP contribution in [0.25, 0.3) is 29.1 Å². The predicted octanol–water partition coefficient (Wildman–Crippen LogP) is 15.1. The lowest BCUT2D eigenvalue weighted by atomic mass is 9.90. The molecule has 60 heavy (non-hydrogen) atoms. The minimum atomic E-state index is 0.505. The van der Waals surface area contributed by atoms with Crippen LogP contribution < -0.4 is 9.80 Å². The Morgan fingerprint density at radius 1 is 0.467 bits per heavy atom. The Kier molecular flexibility index (Phi) is 11.2. The van der Waals surface area contributed by atoms with E-state index in [0.717, 1.165) is 70.7 Å². The van der Waals surface area contributed by atoms with E-state index in [9.17, 15) is 5.26 Å². The fourth-order valence-electron chi connectivity index (χ4n) is 8.88. The topological polar surface area (TPSA) is 34.6 Å². The Morgan fingerprint density at radius 2 is 0.917 bits per heavy atom. The van der Waals surface area contributed by atoms with Crippen LogP contribution in [0.4, 0.5) is 39.8 Å². The molecule has 0 saturated carbocycles. The third-order valence-electron chi connectivity index (χ3n) is 11.9. The highest BCUT2D eigenvalue weighted by Gasteiger charge is 2.21. The molecule has 2 aliphatic carbocycles. The quantitative estimate of drug-likeness (QED) is 0.103. The monoisotopic (exact) mass is 774 g/mol. The van der Waals surface area contributed by atoms with Crippen molar-refractivity contribution in [2.45, 2.75) is 51.4 Å². The van der Waals surface area contributed by atoms with Crippen molar-refractivity contribution in [1.29, 1.82) is 5.26 Å². The van der Waals surface area contributed by atoms with Crippen LogP contribution in [0.15, 0.2) is 158 Å². The first-order valence-electron chi connectivity index (χ1n) is 21.1. The van der Waals surface area contributed by atoms with Gasteiger partial charge in [-0.1, -0.05) is 109 Å². The molecular formula is C56H46N4. The van der Waals surface area contributed by atoms with Crippen molar-refractivity contribution in [1.82, 2.24) is 0 Å². The van der Waals surface area contributed by atoms with Crippen LogP contribution in [0.3, 0.4) is 0 Å². The Hall–Kier alpha value is -7.40. The van der Waals surface area contributed by atoms with Crippen molar-refractivity contribution < 1.29 is 0 Å². The fraction of sp³-hybridized carbons (Fsp3) is 0.143. The van der Waals surface area contributed by atoms with Gasteiger partial charge < -0.3 is 9.80 Å². The summed E-state index contributed by atoms with van der Waals surface area (Å²) in [6.45, 7) is 8.03. The van der Waals surface area contributed by atoms with Gasteiger partial charge in [0, 0.05) is 34.1 Å². The van der Waals surface area contributed by atoms with Crippen molar-refractivity contribution >= 4 is 64.1 Å². The van der Waals surface area contributed by atoms with E-state index in [0.29, 0.717) is 11.3 Å². The van der Waals surface area contributed by atoms with Gasteiger partial charge in [-0.05, 0) is 169 Å². The lowest BCUT2D eigenvalue weighted by Gasteiger charge is -2.30. The number of nitrogens with zero attached hydrogens (tertiary/aromatic N) is 4. The van der Waals surface area contributed by atoms with E-state index in [2.05, 4.69) is 166 Å². The van der Waals surface area contributed by atoms with Crippen LogP contribution >= 0.6 is 0 Å². The number of rotatable bonds is 10. The van der Waals surface area contributed by atoms with Crippen molar-refractivity contribution in [3.8, 4) is 6.07 Å². The number of benzene rings is 7. The number of hydrogen-bond acceptors (Lipinski definition) is 3. The molecule has 290 valence electrons. The summed E-state index contributed by atoms with van der Waals surface area (Å²) in [5.74, 6) is 0. The third kappa shape index (κ3) is 8.02. The van der Waals surface area contributed by atoms with E-state index >= 15 is 0 Å². The Morgan fingerprint density at radius 3 is 1.38 bits per heavy atom. The SMILES string of the molecule is [C-]#[N+]c1cc(C=Cc2ccc(N(c3ccccc3)c3cccc4c3CCCC4)cc2)c(C#N)cc1C=Cc1ccc(N(c2ccccc2)c2cccc3c2CCCC3)cc1. The van der Waals surface area contributed by atoms with Gasteiger partial charge in [0.15, 0.2) is 5.69 Å². The molecule has 7 aromatic carbocycles. The zero-order valence-electron chi connectivity index (χ0n) is 33.8. The molecule has 4 heteroatoms. The fourth-order valence-corrected chi connectivity index (χ4v) is 8.88. The van der Waals surface area contributed by atoms with Gasteiger partial charge in [0.2, 0.25) is 0 Å². The van der Waals surface area contributed by atoms with Gasteiger partial charge in [0.05, 0.1) is 18.2 Å². The molecular weight excluding hydrogens is 729 g/mol. The molecule has 9 rings (SSSR count). The summed E-state index contributed by atoms with van der Waals surface area (Å²) in [5.41, 5.74) is 17.2. The van der Waals surface area contributed by atoms with Gasteiger partial charge in [-0.3, -0.25) is 0 Å². The first-order chi connectivity index (χ1) is 29.7. The average molecular weight is 775 g/mol. The molecule has 0 saturated heterocycles. The van der Waals surface area contributed by atoms with Crippen LogP contribution in [0.5, 0.6) is 0 Å². The molecule has 0 aliphatic heterocycles. The molecule has 0 unspecified atom stereocenters. The van der Waals surface area contributed by atoms with Gasteiger partial charge >= 0.3 is 0 Å². The number of fused-ring (bicyclic) bond motifs is 2. The molecule has 0 amide bonds. The molecule has 4 nitrogen and oxygen atoms in total. The van der Waals surface area contributed by atoms with Gasteiger partial charge in [-0.2, -0.15) is 5.26 Å². The second-order valence-corrected chi connectivity index (χ2v) is 15.7. The minimum absolute atomic E-state index is 0.505. The number of para-hydroxylation sites is 2. The predicted molar refractivity (Wildman–Crippen MR) is 251 cm³/mol. The molecule has 0 aromatic heterocycles. The van der Waals surface area contributed by atoms with E-state index in [1.54, 1.807) is 0 Å². The molecule has 0 spiro atoms. The van der Waals surface area contributed by atoms with Crippen LogP contribution in [0.2, 0.25) is 0 Å². The summed E-state index contributed by atoms with van der Waals surface area (Å²) >= 11 is 0. The zero-order chi connectivity index (χ0) is 40.7. The third-order valence-corrected chi connectivity index (χ3v) is 11.9. The lowest BCUT2D eigenvalue weighted by molar-refractivity contribution is 0.686.